The Morgan fingerprint density at radius 3 is 2.57 bits per heavy atom. The Bertz CT molecular complexity index is 1250. The molecule has 0 unspecified atom stereocenters. The van der Waals surface area contributed by atoms with Crippen LogP contribution in [0.3, 0.4) is 0 Å². The molecule has 0 radical (unpaired) electrons. The number of nitrogens with zero attached hydrogens (tertiary/aromatic N) is 4. The number of thiophene rings is 1. The van der Waals surface area contributed by atoms with Crippen LogP contribution in [0.25, 0.3) is 10.6 Å². The first-order valence-corrected chi connectivity index (χ1v) is 14.4. The summed E-state index contributed by atoms with van der Waals surface area (Å²) in [5.41, 5.74) is 2.01. The summed E-state index contributed by atoms with van der Waals surface area (Å²) in [6, 6.07) is 7.88. The smallest absolute Gasteiger partial charge is 0.420 e. The fourth-order valence-electron chi connectivity index (χ4n) is 4.25. The van der Waals surface area contributed by atoms with Crippen molar-refractivity contribution in [2.45, 2.75) is 43.4 Å². The van der Waals surface area contributed by atoms with E-state index in [-0.39, 0.29) is 17.7 Å². The molecular formula is C26H30F3N5OS2. The number of aromatic nitrogens is 2. The van der Waals surface area contributed by atoms with Crippen molar-refractivity contribution in [1.29, 1.82) is 0 Å². The molecule has 1 saturated carbocycles. The van der Waals surface area contributed by atoms with E-state index < -0.39 is 11.7 Å². The molecule has 1 aromatic carbocycles. The minimum atomic E-state index is -4.58. The predicted molar refractivity (Wildman–Crippen MR) is 145 cm³/mol. The van der Waals surface area contributed by atoms with Crippen LogP contribution < -0.4 is 15.0 Å². The van der Waals surface area contributed by atoms with Gasteiger partial charge in [0.1, 0.15) is 11.7 Å². The second kappa shape index (κ2) is 10.7. The Morgan fingerprint density at radius 1 is 1.16 bits per heavy atom. The summed E-state index contributed by atoms with van der Waals surface area (Å²) in [5.74, 6) is 0.133. The highest BCUT2D eigenvalue weighted by molar-refractivity contribution is 7.98. The molecule has 6 nitrogen and oxygen atoms in total. The number of thioether (sulfide) groups is 1. The van der Waals surface area contributed by atoms with E-state index >= 15 is 0 Å². The number of piperazine rings is 1. The minimum Gasteiger partial charge on any atom is -0.480 e. The van der Waals surface area contributed by atoms with Gasteiger partial charge in [-0.25, -0.2) is 9.97 Å². The molecule has 1 aliphatic heterocycles. The van der Waals surface area contributed by atoms with Gasteiger partial charge in [-0.05, 0) is 62.4 Å². The number of hydrogen-bond acceptors (Lipinski definition) is 8. The molecule has 37 heavy (non-hydrogen) atoms. The van der Waals surface area contributed by atoms with Gasteiger partial charge in [0, 0.05) is 43.8 Å². The van der Waals surface area contributed by atoms with Crippen molar-refractivity contribution < 1.29 is 17.9 Å². The third kappa shape index (κ3) is 5.99. The van der Waals surface area contributed by atoms with Gasteiger partial charge in [-0.15, -0.1) is 11.8 Å². The topological polar surface area (TPSA) is 53.5 Å². The van der Waals surface area contributed by atoms with Crippen LogP contribution in [-0.2, 0) is 12.6 Å². The van der Waals surface area contributed by atoms with Crippen LogP contribution in [0.5, 0.6) is 5.06 Å². The van der Waals surface area contributed by atoms with Gasteiger partial charge in [0.05, 0.1) is 15.5 Å². The summed E-state index contributed by atoms with van der Waals surface area (Å²) in [7, 11) is 2.12. The number of rotatable bonds is 8. The Hall–Kier alpha value is -2.50. The van der Waals surface area contributed by atoms with Gasteiger partial charge in [-0.1, -0.05) is 18.3 Å². The molecular weight excluding hydrogens is 519 g/mol. The number of halogens is 3. The SMILES string of the molecule is CCc1cc(N2CCN(C)CC2)ccc1Nc1ncc(C(F)(F)F)c(-c2cc(SC)c(OC3CC3)s2)n1. The van der Waals surface area contributed by atoms with Gasteiger partial charge >= 0.3 is 6.18 Å². The lowest BCUT2D eigenvalue weighted by molar-refractivity contribution is -0.137. The third-order valence-electron chi connectivity index (χ3n) is 6.60. The number of benzene rings is 1. The van der Waals surface area contributed by atoms with Crippen molar-refractivity contribution in [2.75, 3.05) is 49.7 Å². The zero-order valence-corrected chi connectivity index (χ0v) is 22.7. The highest BCUT2D eigenvalue weighted by Gasteiger charge is 2.36. The lowest BCUT2D eigenvalue weighted by Gasteiger charge is -2.34. The van der Waals surface area contributed by atoms with Crippen LogP contribution in [0, 0.1) is 0 Å². The fraction of sp³-hybridized carbons (Fsp3) is 0.462. The summed E-state index contributed by atoms with van der Waals surface area (Å²) < 4.78 is 47.7. The van der Waals surface area contributed by atoms with E-state index in [1.54, 1.807) is 6.07 Å². The highest BCUT2D eigenvalue weighted by atomic mass is 32.2. The number of alkyl halides is 3. The average molecular weight is 550 g/mol. The zero-order chi connectivity index (χ0) is 26.2. The van der Waals surface area contributed by atoms with Crippen LogP contribution in [0.4, 0.5) is 30.5 Å². The molecule has 0 atom stereocenters. The van der Waals surface area contributed by atoms with Crippen LogP contribution in [0.15, 0.2) is 35.4 Å². The van der Waals surface area contributed by atoms with Crippen molar-refractivity contribution in [3.05, 3.63) is 41.6 Å². The van der Waals surface area contributed by atoms with Crippen LogP contribution >= 0.6 is 23.1 Å². The molecule has 2 aliphatic rings. The molecule has 2 fully saturated rings. The second-order valence-electron chi connectivity index (χ2n) is 9.35. The highest BCUT2D eigenvalue weighted by Crippen LogP contribution is 2.46. The van der Waals surface area contributed by atoms with Crippen molar-refractivity contribution >= 4 is 40.4 Å². The standard InChI is InChI=1S/C26H30F3N5OS2/c1-4-16-13-17(34-11-9-33(2)10-12-34)5-8-20(16)31-25-30-15-19(26(27,28)29)23(32-25)21-14-22(36-3)24(37-21)35-18-6-7-18/h5,8,13-15,18H,4,6-7,9-12H2,1-3H3,(H,30,31,32). The zero-order valence-electron chi connectivity index (χ0n) is 21.1. The van der Waals surface area contributed by atoms with Crippen LogP contribution in [0.2, 0.25) is 0 Å². The number of aryl methyl sites for hydroxylation is 1. The van der Waals surface area contributed by atoms with Crippen molar-refractivity contribution in [1.82, 2.24) is 14.9 Å². The normalized spacial score (nSPS) is 16.8. The predicted octanol–water partition coefficient (Wildman–Crippen LogP) is 6.54. The van der Waals surface area contributed by atoms with E-state index in [2.05, 4.69) is 45.1 Å². The van der Waals surface area contributed by atoms with Gasteiger partial charge in [-0.3, -0.25) is 0 Å². The van der Waals surface area contributed by atoms with Crippen LogP contribution in [-0.4, -0.2) is 60.5 Å². The maximum absolute atomic E-state index is 13.9. The molecule has 3 heterocycles. The van der Waals surface area contributed by atoms with Gasteiger partial charge in [0.15, 0.2) is 5.06 Å². The van der Waals surface area contributed by atoms with Crippen molar-refractivity contribution in [2.24, 2.45) is 0 Å². The van der Waals surface area contributed by atoms with E-state index in [0.717, 1.165) is 73.5 Å². The average Bonchev–Trinajstić information content (AvgIpc) is 3.60. The van der Waals surface area contributed by atoms with Gasteiger partial charge in [-0.2, -0.15) is 13.2 Å². The van der Waals surface area contributed by atoms with Crippen molar-refractivity contribution in [3.63, 3.8) is 0 Å². The van der Waals surface area contributed by atoms with E-state index in [9.17, 15) is 13.2 Å². The quantitative estimate of drug-likeness (QED) is 0.320. The molecule has 198 valence electrons. The summed E-state index contributed by atoms with van der Waals surface area (Å²) in [4.78, 5) is 14.3. The molecule has 1 N–H and O–H groups in total. The van der Waals surface area contributed by atoms with E-state index in [1.807, 2.05) is 18.4 Å². The Balaban J connectivity index is 1.45. The van der Waals surface area contributed by atoms with Gasteiger partial charge < -0.3 is 19.9 Å². The molecule has 0 bridgehead atoms. The molecule has 1 aliphatic carbocycles. The first-order chi connectivity index (χ1) is 17.7. The summed E-state index contributed by atoms with van der Waals surface area (Å²) >= 11 is 2.66. The lowest BCUT2D eigenvalue weighted by Crippen LogP contribution is -2.44. The molecule has 5 rings (SSSR count). The molecule has 2 aromatic heterocycles. The summed E-state index contributed by atoms with van der Waals surface area (Å²) in [6.07, 6.45) is 1.06. The fourth-order valence-corrected chi connectivity index (χ4v) is 6.12. The van der Waals surface area contributed by atoms with E-state index in [1.165, 1.54) is 23.1 Å². The lowest BCUT2D eigenvalue weighted by atomic mass is 10.1. The van der Waals surface area contributed by atoms with Crippen LogP contribution in [0.1, 0.15) is 30.9 Å². The number of nitrogens with one attached hydrogen (secondary N) is 1. The number of anilines is 3. The van der Waals surface area contributed by atoms with Gasteiger partial charge in [0.2, 0.25) is 5.95 Å². The Kier molecular flexibility index (Phi) is 7.56. The second-order valence-corrected chi connectivity index (χ2v) is 11.2. The summed E-state index contributed by atoms with van der Waals surface area (Å²) in [5, 5.41) is 3.83. The van der Waals surface area contributed by atoms with E-state index in [0.29, 0.717) is 9.94 Å². The maximum Gasteiger partial charge on any atom is 0.420 e. The molecule has 3 aromatic rings. The number of likely N-dealkylation sites (N-methyl/N-ethyl adjacent to an activating group) is 1. The minimum absolute atomic E-state index is 0.133. The first kappa shape index (κ1) is 26.1. The maximum atomic E-state index is 13.9. The van der Waals surface area contributed by atoms with E-state index in [4.69, 9.17) is 4.74 Å². The molecule has 11 heteroatoms. The van der Waals surface area contributed by atoms with Crippen molar-refractivity contribution in [3.8, 4) is 15.6 Å². The number of ether oxygens (including phenoxy) is 1. The Morgan fingerprint density at radius 2 is 1.92 bits per heavy atom. The molecule has 0 amide bonds. The monoisotopic (exact) mass is 549 g/mol. The molecule has 0 spiro atoms. The first-order valence-electron chi connectivity index (χ1n) is 12.4. The number of hydrogen-bond donors (Lipinski definition) is 1. The third-order valence-corrected chi connectivity index (χ3v) is 8.50. The molecule has 1 saturated heterocycles. The van der Waals surface area contributed by atoms with Gasteiger partial charge in [0.25, 0.3) is 0 Å². The summed E-state index contributed by atoms with van der Waals surface area (Å²) in [6.45, 7) is 6.01. The largest absolute Gasteiger partial charge is 0.480 e. The Labute approximate surface area is 223 Å².